The van der Waals surface area contributed by atoms with Gasteiger partial charge in [0.05, 0.1) is 13.2 Å². The molecule has 0 saturated carbocycles. The fourth-order valence-electron chi connectivity index (χ4n) is 2.05. The van der Waals surface area contributed by atoms with E-state index in [0.717, 1.165) is 12.8 Å². The van der Waals surface area contributed by atoms with Crippen LogP contribution < -0.4 is 0 Å². The largest absolute Gasteiger partial charge is 0.376 e. The van der Waals surface area contributed by atoms with Crippen molar-refractivity contribution in [2.75, 3.05) is 20.7 Å². The Labute approximate surface area is 135 Å². The van der Waals surface area contributed by atoms with Crippen LogP contribution in [0, 0.1) is 5.41 Å². The van der Waals surface area contributed by atoms with E-state index in [1.165, 1.54) is 5.56 Å². The summed E-state index contributed by atoms with van der Waals surface area (Å²) in [7, 11) is 3.59. The van der Waals surface area contributed by atoms with E-state index in [9.17, 15) is 4.79 Å². The molecule has 0 aliphatic rings. The molecule has 0 aromatic heterocycles. The first-order chi connectivity index (χ1) is 10.4. The van der Waals surface area contributed by atoms with Gasteiger partial charge in [-0.15, -0.1) is 0 Å². The highest BCUT2D eigenvalue weighted by molar-refractivity contribution is 5.75. The van der Waals surface area contributed by atoms with Gasteiger partial charge in [-0.1, -0.05) is 56.3 Å². The van der Waals surface area contributed by atoms with Crippen LogP contribution in [-0.2, 0) is 16.1 Å². The maximum absolute atomic E-state index is 11.5. The Hall–Kier alpha value is -1.61. The quantitative estimate of drug-likeness (QED) is 0.509. The number of allylic oxidation sites excluding steroid dienone is 1. The first kappa shape index (κ1) is 18.4. The summed E-state index contributed by atoms with van der Waals surface area (Å²) in [5, 5.41) is 0. The molecule has 0 spiro atoms. The van der Waals surface area contributed by atoms with E-state index < -0.39 is 0 Å². The smallest absolute Gasteiger partial charge is 0.222 e. The zero-order valence-electron chi connectivity index (χ0n) is 14.3. The van der Waals surface area contributed by atoms with Crippen LogP contribution in [0.2, 0.25) is 0 Å². The molecule has 1 amide bonds. The number of hydrogen-bond donors (Lipinski definition) is 0. The molecule has 3 heteroatoms. The predicted molar refractivity (Wildman–Crippen MR) is 91.6 cm³/mol. The van der Waals surface area contributed by atoms with Crippen LogP contribution in [0.5, 0.6) is 0 Å². The Kier molecular flexibility index (Phi) is 7.89. The maximum atomic E-state index is 11.5. The summed E-state index contributed by atoms with van der Waals surface area (Å²) < 4.78 is 5.80. The lowest BCUT2D eigenvalue weighted by atomic mass is 9.93. The van der Waals surface area contributed by atoms with E-state index in [-0.39, 0.29) is 11.3 Å². The van der Waals surface area contributed by atoms with Gasteiger partial charge in [-0.2, -0.15) is 0 Å². The first-order valence-corrected chi connectivity index (χ1v) is 7.90. The summed E-state index contributed by atoms with van der Waals surface area (Å²) in [6.07, 6.45) is 6.80. The lowest BCUT2D eigenvalue weighted by Gasteiger charge is -2.20. The highest BCUT2D eigenvalue weighted by atomic mass is 16.5. The van der Waals surface area contributed by atoms with Gasteiger partial charge in [0.25, 0.3) is 0 Å². The third kappa shape index (κ3) is 7.99. The minimum atomic E-state index is 0.0142. The van der Waals surface area contributed by atoms with E-state index in [2.05, 4.69) is 38.1 Å². The Bertz CT molecular complexity index is 464. The molecule has 0 radical (unpaired) electrons. The summed E-state index contributed by atoms with van der Waals surface area (Å²) in [4.78, 5) is 13.1. The summed E-state index contributed by atoms with van der Waals surface area (Å²) in [6, 6.07) is 10.2. The van der Waals surface area contributed by atoms with Crippen LogP contribution in [-0.4, -0.2) is 31.5 Å². The second-order valence-corrected chi connectivity index (χ2v) is 6.55. The topological polar surface area (TPSA) is 29.5 Å². The molecule has 0 fully saturated rings. The molecule has 1 rings (SSSR count). The van der Waals surface area contributed by atoms with Crippen molar-refractivity contribution < 1.29 is 9.53 Å². The van der Waals surface area contributed by atoms with Crippen molar-refractivity contribution in [1.29, 1.82) is 0 Å². The van der Waals surface area contributed by atoms with E-state index in [0.29, 0.717) is 19.6 Å². The third-order valence-electron chi connectivity index (χ3n) is 3.41. The molecule has 0 saturated heterocycles. The lowest BCUT2D eigenvalue weighted by Crippen LogP contribution is -2.21. The molecule has 0 bridgehead atoms. The van der Waals surface area contributed by atoms with E-state index >= 15 is 0 Å². The van der Waals surface area contributed by atoms with Gasteiger partial charge in [0.15, 0.2) is 0 Å². The van der Waals surface area contributed by atoms with Crippen LogP contribution in [0.15, 0.2) is 42.5 Å². The minimum Gasteiger partial charge on any atom is -0.376 e. The van der Waals surface area contributed by atoms with E-state index in [4.69, 9.17) is 4.74 Å². The average molecular weight is 303 g/mol. The number of amides is 1. The standard InChI is InChI=1S/C19H29NO2/c1-19(2,14-10-6-9-13-18(21)20(3)4)16-22-15-17-11-7-5-8-12-17/h5,7-8,10-12,14H,6,9,13,15-16H2,1-4H3. The number of rotatable bonds is 9. The van der Waals surface area contributed by atoms with Crippen LogP contribution >= 0.6 is 0 Å². The highest BCUT2D eigenvalue weighted by Crippen LogP contribution is 2.19. The van der Waals surface area contributed by atoms with Crippen LogP contribution in [0.3, 0.4) is 0 Å². The van der Waals surface area contributed by atoms with Gasteiger partial charge >= 0.3 is 0 Å². The number of ether oxygens (including phenoxy) is 1. The van der Waals surface area contributed by atoms with Crippen molar-refractivity contribution in [3.63, 3.8) is 0 Å². The second-order valence-electron chi connectivity index (χ2n) is 6.55. The van der Waals surface area contributed by atoms with Crippen LogP contribution in [0.1, 0.15) is 38.7 Å². The number of nitrogens with zero attached hydrogens (tertiary/aromatic N) is 1. The molecule has 0 aliphatic heterocycles. The lowest BCUT2D eigenvalue weighted by molar-refractivity contribution is -0.128. The van der Waals surface area contributed by atoms with E-state index in [1.54, 1.807) is 19.0 Å². The Morgan fingerprint density at radius 3 is 2.55 bits per heavy atom. The number of carbonyl (C=O) groups excluding carboxylic acids is 1. The molecule has 22 heavy (non-hydrogen) atoms. The highest BCUT2D eigenvalue weighted by Gasteiger charge is 2.13. The second kappa shape index (κ2) is 9.42. The number of benzene rings is 1. The summed E-state index contributed by atoms with van der Waals surface area (Å²) >= 11 is 0. The minimum absolute atomic E-state index is 0.0142. The molecule has 0 heterocycles. The zero-order valence-corrected chi connectivity index (χ0v) is 14.3. The Balaban J connectivity index is 2.22. The van der Waals surface area contributed by atoms with Crippen molar-refractivity contribution in [3.8, 4) is 0 Å². The van der Waals surface area contributed by atoms with Crippen molar-refractivity contribution >= 4 is 5.91 Å². The van der Waals surface area contributed by atoms with Gasteiger partial charge < -0.3 is 9.64 Å². The van der Waals surface area contributed by atoms with Crippen molar-refractivity contribution in [2.24, 2.45) is 5.41 Å². The Morgan fingerprint density at radius 2 is 1.91 bits per heavy atom. The molecule has 3 nitrogen and oxygen atoms in total. The van der Waals surface area contributed by atoms with Gasteiger partial charge in [-0.05, 0) is 18.4 Å². The van der Waals surface area contributed by atoms with Gasteiger partial charge in [0.1, 0.15) is 0 Å². The van der Waals surface area contributed by atoms with Gasteiger partial charge in [-0.3, -0.25) is 4.79 Å². The van der Waals surface area contributed by atoms with E-state index in [1.807, 2.05) is 18.2 Å². The molecule has 0 unspecified atom stereocenters. The number of unbranched alkanes of at least 4 members (excludes halogenated alkanes) is 1. The fraction of sp³-hybridized carbons (Fsp3) is 0.526. The van der Waals surface area contributed by atoms with Crippen LogP contribution in [0.4, 0.5) is 0 Å². The summed E-state index contributed by atoms with van der Waals surface area (Å²) in [5.41, 5.74) is 1.21. The molecule has 0 atom stereocenters. The molecule has 122 valence electrons. The molecule has 0 aliphatic carbocycles. The van der Waals surface area contributed by atoms with Gasteiger partial charge in [0.2, 0.25) is 5.91 Å². The molecular formula is C19H29NO2. The van der Waals surface area contributed by atoms with Gasteiger partial charge in [-0.25, -0.2) is 0 Å². The monoisotopic (exact) mass is 303 g/mol. The average Bonchev–Trinajstić information content (AvgIpc) is 2.47. The molecular weight excluding hydrogens is 274 g/mol. The zero-order chi connectivity index (χ0) is 16.4. The number of hydrogen-bond acceptors (Lipinski definition) is 2. The maximum Gasteiger partial charge on any atom is 0.222 e. The fourth-order valence-corrected chi connectivity index (χ4v) is 2.05. The third-order valence-corrected chi connectivity index (χ3v) is 3.41. The molecule has 0 N–H and O–H groups in total. The molecule has 1 aromatic carbocycles. The number of carbonyl (C=O) groups is 1. The van der Waals surface area contributed by atoms with Crippen molar-refractivity contribution in [1.82, 2.24) is 4.90 Å². The SMILES string of the molecule is CN(C)C(=O)CCCC=CC(C)(C)COCc1ccccc1. The van der Waals surface area contributed by atoms with Gasteiger partial charge in [0, 0.05) is 25.9 Å². The normalized spacial score (nSPS) is 11.8. The predicted octanol–water partition coefficient (Wildman–Crippen LogP) is 4.04. The van der Waals surface area contributed by atoms with Crippen molar-refractivity contribution in [2.45, 2.75) is 39.7 Å². The Morgan fingerprint density at radius 1 is 1.23 bits per heavy atom. The summed E-state index contributed by atoms with van der Waals surface area (Å²) in [5.74, 6) is 0.193. The van der Waals surface area contributed by atoms with Crippen LogP contribution in [0.25, 0.3) is 0 Å². The first-order valence-electron chi connectivity index (χ1n) is 7.90. The molecule has 1 aromatic rings. The van der Waals surface area contributed by atoms with Crippen molar-refractivity contribution in [3.05, 3.63) is 48.0 Å². The summed E-state index contributed by atoms with van der Waals surface area (Å²) in [6.45, 7) is 5.67.